The van der Waals surface area contributed by atoms with E-state index in [2.05, 4.69) is 21.1 Å². The number of ether oxygens (including phenoxy) is 1. The molecule has 17 heteroatoms. The van der Waals surface area contributed by atoms with E-state index in [-0.39, 0.29) is 20.9 Å². The first kappa shape index (κ1) is 29.2. The van der Waals surface area contributed by atoms with Gasteiger partial charge >= 0.3 is 11.9 Å². The molecule has 202 valence electrons. The SMILES string of the molecule is CSC1=C(C(=O)O)N2C(=O)C(NC(=O)C(NOCC(=O)OC(C)(C)C)c3nc(NC=O)sc3Cl)[C@@H]2SC1. The molecule has 2 unspecified atom stereocenters. The molecule has 3 heterocycles. The van der Waals surface area contributed by atoms with Gasteiger partial charge in [0.2, 0.25) is 12.3 Å². The molecule has 1 saturated heterocycles. The number of aromatic nitrogens is 1. The van der Waals surface area contributed by atoms with E-state index < -0.39 is 53.4 Å². The molecule has 3 amide bonds. The number of amides is 3. The van der Waals surface area contributed by atoms with Crippen LogP contribution in [0.5, 0.6) is 0 Å². The summed E-state index contributed by atoms with van der Waals surface area (Å²) in [7, 11) is 0. The van der Waals surface area contributed by atoms with E-state index in [1.165, 1.54) is 23.5 Å². The number of aliphatic carboxylic acids is 1. The number of halogens is 1. The second kappa shape index (κ2) is 12.0. The zero-order valence-corrected chi connectivity index (χ0v) is 23.2. The molecule has 3 atom stereocenters. The van der Waals surface area contributed by atoms with Gasteiger partial charge in [-0.15, -0.1) is 23.5 Å². The van der Waals surface area contributed by atoms with Gasteiger partial charge in [0, 0.05) is 10.7 Å². The van der Waals surface area contributed by atoms with Gasteiger partial charge in [0.15, 0.2) is 17.8 Å². The van der Waals surface area contributed by atoms with Crippen LogP contribution in [0.2, 0.25) is 4.34 Å². The van der Waals surface area contributed by atoms with E-state index in [9.17, 15) is 29.1 Å². The number of nitrogens with one attached hydrogen (secondary N) is 3. The number of β-lactam (4-membered cyclic amide) rings is 1. The quantitative estimate of drug-likeness (QED) is 0.125. The number of rotatable bonds is 11. The van der Waals surface area contributed by atoms with E-state index in [0.29, 0.717) is 17.1 Å². The van der Waals surface area contributed by atoms with E-state index in [1.807, 2.05) is 0 Å². The molecule has 3 rings (SSSR count). The fourth-order valence-electron chi connectivity index (χ4n) is 3.38. The van der Waals surface area contributed by atoms with E-state index >= 15 is 0 Å². The average Bonchev–Trinajstić information content (AvgIpc) is 3.17. The first-order valence-electron chi connectivity index (χ1n) is 10.6. The molecule has 0 radical (unpaired) electrons. The van der Waals surface area contributed by atoms with Crippen LogP contribution in [0.15, 0.2) is 10.6 Å². The summed E-state index contributed by atoms with van der Waals surface area (Å²) in [5.41, 5.74) is 1.55. The molecule has 0 saturated carbocycles. The molecular weight excluding hydrogens is 570 g/mol. The number of carbonyl (C=O) groups excluding carboxylic acids is 4. The lowest BCUT2D eigenvalue weighted by Crippen LogP contribution is -2.71. The van der Waals surface area contributed by atoms with Crippen LogP contribution in [0.3, 0.4) is 0 Å². The number of carbonyl (C=O) groups is 5. The van der Waals surface area contributed by atoms with Gasteiger partial charge in [0.1, 0.15) is 32.7 Å². The molecular formula is C20H24ClN5O8S3. The van der Waals surface area contributed by atoms with Crippen molar-refractivity contribution in [2.45, 2.75) is 43.8 Å². The topological polar surface area (TPSA) is 176 Å². The number of thioether (sulfide) groups is 2. The second-order valence-electron chi connectivity index (χ2n) is 8.54. The van der Waals surface area contributed by atoms with Crippen molar-refractivity contribution in [3.63, 3.8) is 0 Å². The van der Waals surface area contributed by atoms with Crippen LogP contribution in [0.25, 0.3) is 0 Å². The van der Waals surface area contributed by atoms with Gasteiger partial charge in [0.25, 0.3) is 5.91 Å². The van der Waals surface area contributed by atoms with E-state index in [1.54, 1.807) is 27.0 Å². The zero-order valence-electron chi connectivity index (χ0n) is 20.0. The molecule has 2 aliphatic heterocycles. The number of hydrogen-bond donors (Lipinski definition) is 4. The van der Waals surface area contributed by atoms with Crippen molar-refractivity contribution >= 4 is 81.8 Å². The van der Waals surface area contributed by atoms with Gasteiger partial charge in [-0.3, -0.25) is 24.1 Å². The number of carboxylic acid groups (broad SMARTS) is 1. The molecule has 1 fully saturated rings. The Balaban J connectivity index is 1.76. The maximum atomic E-state index is 13.3. The molecule has 4 N–H and O–H groups in total. The number of hydroxylamine groups is 1. The van der Waals surface area contributed by atoms with Crippen molar-refractivity contribution in [2.24, 2.45) is 0 Å². The summed E-state index contributed by atoms with van der Waals surface area (Å²) in [5.74, 6) is -2.93. The van der Waals surface area contributed by atoms with Crippen LogP contribution in [-0.2, 0) is 33.5 Å². The Morgan fingerprint density at radius 2 is 2.08 bits per heavy atom. The van der Waals surface area contributed by atoms with E-state index in [0.717, 1.165) is 16.2 Å². The van der Waals surface area contributed by atoms with Gasteiger partial charge in [-0.05, 0) is 27.0 Å². The molecule has 1 aromatic rings. The van der Waals surface area contributed by atoms with Crippen molar-refractivity contribution in [2.75, 3.05) is 23.9 Å². The minimum Gasteiger partial charge on any atom is -0.477 e. The van der Waals surface area contributed by atoms with Crippen molar-refractivity contribution in [1.82, 2.24) is 20.7 Å². The van der Waals surface area contributed by atoms with Gasteiger partial charge in [-0.1, -0.05) is 22.9 Å². The third-order valence-electron chi connectivity index (χ3n) is 4.82. The lowest BCUT2D eigenvalue weighted by Gasteiger charge is -2.49. The average molecular weight is 594 g/mol. The van der Waals surface area contributed by atoms with Crippen molar-refractivity contribution in [3.05, 3.63) is 20.6 Å². The largest absolute Gasteiger partial charge is 0.477 e. The Hall–Kier alpha value is -2.37. The van der Waals surface area contributed by atoms with Crippen LogP contribution in [0.1, 0.15) is 32.5 Å². The molecule has 13 nitrogen and oxygen atoms in total. The molecule has 1 aromatic heterocycles. The molecule has 37 heavy (non-hydrogen) atoms. The highest BCUT2D eigenvalue weighted by atomic mass is 35.5. The Morgan fingerprint density at radius 1 is 1.38 bits per heavy atom. The summed E-state index contributed by atoms with van der Waals surface area (Å²) >= 11 is 9.69. The summed E-state index contributed by atoms with van der Waals surface area (Å²) in [5, 5.41) is 14.0. The predicted molar refractivity (Wildman–Crippen MR) is 138 cm³/mol. The van der Waals surface area contributed by atoms with Crippen LogP contribution >= 0.6 is 46.5 Å². The van der Waals surface area contributed by atoms with Crippen LogP contribution in [0, 0.1) is 0 Å². The van der Waals surface area contributed by atoms with Gasteiger partial charge < -0.3 is 20.5 Å². The van der Waals surface area contributed by atoms with Crippen LogP contribution < -0.4 is 16.1 Å². The summed E-state index contributed by atoms with van der Waals surface area (Å²) in [6.07, 6.45) is 2.11. The van der Waals surface area contributed by atoms with Crippen molar-refractivity contribution in [3.8, 4) is 0 Å². The summed E-state index contributed by atoms with van der Waals surface area (Å²) in [4.78, 5) is 71.7. The maximum absolute atomic E-state index is 13.3. The molecule has 2 aliphatic rings. The van der Waals surface area contributed by atoms with Crippen molar-refractivity contribution in [1.29, 1.82) is 0 Å². The van der Waals surface area contributed by atoms with E-state index in [4.69, 9.17) is 21.2 Å². The highest BCUT2D eigenvalue weighted by Crippen LogP contribution is 2.43. The number of carboxylic acids is 1. The minimum atomic E-state index is -1.39. The number of anilines is 1. The minimum absolute atomic E-state index is 0.0200. The standard InChI is InChI=1S/C20H24ClN5O8S3/c1-20(2,3)34-9(28)5-33-25-11(10-14(21)37-19(24-10)22-7-27)15(29)23-12-16(30)26-13(18(31)32)8(35-4)6-36-17(12)26/h7,11-12,17,25H,5-6H2,1-4H3,(H,23,29)(H,31,32)(H,22,24,27)/t11?,12?,17-/m0/s1. The Morgan fingerprint density at radius 3 is 2.68 bits per heavy atom. The first-order valence-corrected chi connectivity index (χ1v) is 14.1. The van der Waals surface area contributed by atoms with Gasteiger partial charge in [0.05, 0.1) is 0 Å². The van der Waals surface area contributed by atoms with Gasteiger partial charge in [-0.2, -0.15) is 5.48 Å². The summed E-state index contributed by atoms with van der Waals surface area (Å²) in [6, 6.07) is -2.41. The second-order valence-corrected chi connectivity index (χ2v) is 12.2. The first-order chi connectivity index (χ1) is 17.4. The number of thiazole rings is 1. The summed E-state index contributed by atoms with van der Waals surface area (Å²) in [6.45, 7) is 4.49. The highest BCUT2D eigenvalue weighted by Gasteiger charge is 2.54. The molecule has 0 aliphatic carbocycles. The lowest BCUT2D eigenvalue weighted by molar-refractivity contribution is -0.165. The van der Waals surface area contributed by atoms with Crippen LogP contribution in [-0.4, -0.2) is 80.8 Å². The highest BCUT2D eigenvalue weighted by molar-refractivity contribution is 8.05. The number of hydrogen-bond acceptors (Lipinski definition) is 12. The Kier molecular flexibility index (Phi) is 9.47. The number of fused-ring (bicyclic) bond motifs is 1. The smallest absolute Gasteiger partial charge is 0.353 e. The number of esters is 1. The third kappa shape index (κ3) is 6.74. The lowest BCUT2D eigenvalue weighted by atomic mass is 10.0. The predicted octanol–water partition coefficient (Wildman–Crippen LogP) is 1.33. The molecule has 0 bridgehead atoms. The maximum Gasteiger partial charge on any atom is 0.353 e. The Labute approximate surface area is 229 Å². The fraction of sp³-hybridized carbons (Fsp3) is 0.500. The number of nitrogens with zero attached hydrogens (tertiary/aromatic N) is 2. The normalized spacial score (nSPS) is 20.0. The van der Waals surface area contributed by atoms with Crippen molar-refractivity contribution < 1.29 is 38.7 Å². The summed E-state index contributed by atoms with van der Waals surface area (Å²) < 4.78 is 5.21. The third-order valence-corrected chi connectivity index (χ3v) is 8.33. The molecule has 0 aromatic carbocycles. The van der Waals surface area contributed by atoms with Gasteiger partial charge in [-0.25, -0.2) is 14.6 Å². The zero-order chi connectivity index (χ0) is 27.5. The monoisotopic (exact) mass is 593 g/mol. The van der Waals surface area contributed by atoms with Crippen LogP contribution in [0.4, 0.5) is 5.13 Å². The Bertz CT molecular complexity index is 1140. The fourth-order valence-corrected chi connectivity index (χ4v) is 6.68. The molecule has 0 spiro atoms.